The Kier molecular flexibility index (Phi) is 6.31. The van der Waals surface area contributed by atoms with Crippen molar-refractivity contribution in [3.05, 3.63) is 65.7 Å². The summed E-state index contributed by atoms with van der Waals surface area (Å²) in [6.45, 7) is 2.29. The molecule has 0 aliphatic carbocycles. The van der Waals surface area contributed by atoms with Crippen LogP contribution in [0, 0.1) is 0 Å². The van der Waals surface area contributed by atoms with Gasteiger partial charge in [-0.2, -0.15) is 0 Å². The molecule has 0 unspecified atom stereocenters. The van der Waals surface area contributed by atoms with Crippen molar-refractivity contribution in [2.45, 2.75) is 63.1 Å². The van der Waals surface area contributed by atoms with Gasteiger partial charge in [0, 0.05) is 0 Å². The van der Waals surface area contributed by atoms with Gasteiger partial charge in [0.25, 0.3) is 0 Å². The summed E-state index contributed by atoms with van der Waals surface area (Å²) in [5, 5.41) is 10.7. The van der Waals surface area contributed by atoms with Gasteiger partial charge < -0.3 is 5.11 Å². The molecule has 0 amide bonds. The Morgan fingerprint density at radius 2 is 1.65 bits per heavy atom. The number of unbranched alkanes of at least 4 members (excludes halogenated alkanes) is 2. The van der Waals surface area contributed by atoms with Crippen LogP contribution in [0.2, 0.25) is 18.1 Å². The highest BCUT2D eigenvalue weighted by molar-refractivity contribution is 6.92. The highest BCUT2D eigenvalue weighted by Crippen LogP contribution is 2.40. The number of aromatic carboxylic acids is 1. The van der Waals surface area contributed by atoms with Crippen molar-refractivity contribution in [1.29, 1.82) is 0 Å². The highest BCUT2D eigenvalue weighted by atomic mass is 28.3. The minimum atomic E-state index is -1.39. The Labute approximate surface area is 158 Å². The molecule has 0 aromatic heterocycles. The lowest BCUT2D eigenvalue weighted by molar-refractivity contribution is 0.0697. The molecule has 1 aliphatic heterocycles. The second kappa shape index (κ2) is 8.68. The summed E-state index contributed by atoms with van der Waals surface area (Å²) in [7, 11) is -1.39. The van der Waals surface area contributed by atoms with E-state index in [4.69, 9.17) is 5.11 Å². The molecule has 0 atom stereocenters. The van der Waals surface area contributed by atoms with Gasteiger partial charge in [0.15, 0.2) is 0 Å². The van der Waals surface area contributed by atoms with E-state index in [1.54, 1.807) is 17.3 Å². The first kappa shape index (κ1) is 18.9. The summed E-state index contributed by atoms with van der Waals surface area (Å²) in [6, 6.07) is 23.0. The lowest BCUT2D eigenvalue weighted by Crippen LogP contribution is -2.49. The standard InChI is InChI=1S/C23H30O2Si/c1-2-3-7-16-26(22-8-5-4-6-9-22)17-14-20(15-18-26)19-10-12-21(13-11-19)23(24)25/h4-6,8-13,20H,2-3,7,14-18H2,1H3,(H,24,25). The monoisotopic (exact) mass is 366 g/mol. The van der Waals surface area contributed by atoms with Crippen LogP contribution >= 0.6 is 0 Å². The topological polar surface area (TPSA) is 37.3 Å². The molecule has 138 valence electrons. The fourth-order valence-corrected chi connectivity index (χ4v) is 9.83. The van der Waals surface area contributed by atoms with Crippen molar-refractivity contribution in [2.75, 3.05) is 0 Å². The first-order chi connectivity index (χ1) is 12.6. The zero-order valence-corrected chi connectivity index (χ0v) is 16.8. The first-order valence-electron chi connectivity index (χ1n) is 10.0. The summed E-state index contributed by atoms with van der Waals surface area (Å²) >= 11 is 0. The van der Waals surface area contributed by atoms with E-state index >= 15 is 0 Å². The zero-order chi connectivity index (χ0) is 18.4. The quantitative estimate of drug-likeness (QED) is 0.496. The Hall–Kier alpha value is -1.87. The van der Waals surface area contributed by atoms with Crippen molar-refractivity contribution in [2.24, 2.45) is 0 Å². The van der Waals surface area contributed by atoms with Crippen LogP contribution in [0.4, 0.5) is 0 Å². The van der Waals surface area contributed by atoms with Crippen LogP contribution < -0.4 is 5.19 Å². The number of carbonyl (C=O) groups is 1. The van der Waals surface area contributed by atoms with E-state index in [0.717, 1.165) is 0 Å². The van der Waals surface area contributed by atoms with Crippen molar-refractivity contribution in [1.82, 2.24) is 0 Å². The van der Waals surface area contributed by atoms with Crippen LogP contribution in [0.15, 0.2) is 54.6 Å². The molecule has 0 saturated carbocycles. The highest BCUT2D eigenvalue weighted by Gasteiger charge is 2.38. The van der Waals surface area contributed by atoms with Crippen LogP contribution in [-0.2, 0) is 0 Å². The predicted molar refractivity (Wildman–Crippen MR) is 111 cm³/mol. The molecule has 2 aromatic rings. The van der Waals surface area contributed by atoms with Gasteiger partial charge in [0.1, 0.15) is 0 Å². The number of carboxylic acids is 1. The third kappa shape index (κ3) is 4.26. The first-order valence-corrected chi connectivity index (χ1v) is 12.7. The molecular weight excluding hydrogens is 336 g/mol. The van der Waals surface area contributed by atoms with Crippen molar-refractivity contribution in [3.8, 4) is 0 Å². The smallest absolute Gasteiger partial charge is 0.335 e. The Bertz CT molecular complexity index is 701. The molecule has 0 spiro atoms. The minimum absolute atomic E-state index is 0.386. The molecule has 26 heavy (non-hydrogen) atoms. The van der Waals surface area contributed by atoms with E-state index in [0.29, 0.717) is 11.5 Å². The van der Waals surface area contributed by atoms with Crippen LogP contribution in [0.25, 0.3) is 0 Å². The van der Waals surface area contributed by atoms with Gasteiger partial charge in [0.2, 0.25) is 0 Å². The van der Waals surface area contributed by atoms with Crippen molar-refractivity contribution in [3.63, 3.8) is 0 Å². The summed E-state index contributed by atoms with van der Waals surface area (Å²) in [5.41, 5.74) is 1.70. The molecule has 2 nitrogen and oxygen atoms in total. The fraction of sp³-hybridized carbons (Fsp3) is 0.435. The van der Waals surface area contributed by atoms with Gasteiger partial charge >= 0.3 is 5.97 Å². The number of hydrogen-bond donors (Lipinski definition) is 1. The Balaban J connectivity index is 1.72. The normalized spacial score (nSPS) is 22.9. The van der Waals surface area contributed by atoms with Crippen LogP contribution in [0.1, 0.15) is 60.9 Å². The van der Waals surface area contributed by atoms with Crippen LogP contribution in [0.5, 0.6) is 0 Å². The predicted octanol–water partition coefficient (Wildman–Crippen LogP) is 5.81. The molecule has 3 rings (SSSR count). The molecule has 1 heterocycles. The second-order valence-electron chi connectivity index (χ2n) is 7.80. The maximum atomic E-state index is 11.1. The largest absolute Gasteiger partial charge is 0.478 e. The van der Waals surface area contributed by atoms with Gasteiger partial charge in [-0.1, -0.05) is 92.0 Å². The number of hydrogen-bond acceptors (Lipinski definition) is 1. The molecule has 3 heteroatoms. The molecule has 1 N–H and O–H groups in total. The lowest BCUT2D eigenvalue weighted by Gasteiger charge is -2.39. The molecule has 1 aliphatic rings. The average Bonchev–Trinajstić information content (AvgIpc) is 2.69. The number of carboxylic acid groups (broad SMARTS) is 1. The van der Waals surface area contributed by atoms with Gasteiger partial charge in [0.05, 0.1) is 13.6 Å². The van der Waals surface area contributed by atoms with Crippen LogP contribution in [-0.4, -0.2) is 19.1 Å². The molecule has 1 saturated heterocycles. The van der Waals surface area contributed by atoms with Crippen molar-refractivity contribution < 1.29 is 9.90 Å². The molecule has 0 bridgehead atoms. The van der Waals surface area contributed by atoms with Gasteiger partial charge in [-0.25, -0.2) is 4.79 Å². The van der Waals surface area contributed by atoms with Gasteiger partial charge in [-0.3, -0.25) is 0 Å². The third-order valence-electron chi connectivity index (χ3n) is 6.22. The maximum Gasteiger partial charge on any atom is 0.335 e. The molecule has 0 radical (unpaired) electrons. The molecule has 1 fully saturated rings. The van der Waals surface area contributed by atoms with E-state index in [1.807, 2.05) is 12.1 Å². The van der Waals surface area contributed by atoms with E-state index < -0.39 is 14.0 Å². The van der Waals surface area contributed by atoms with E-state index in [-0.39, 0.29) is 0 Å². The lowest BCUT2D eigenvalue weighted by atomic mass is 9.93. The minimum Gasteiger partial charge on any atom is -0.478 e. The van der Waals surface area contributed by atoms with E-state index in [9.17, 15) is 4.79 Å². The number of rotatable bonds is 7. The summed E-state index contributed by atoms with van der Waals surface area (Å²) in [5.74, 6) is -0.250. The molecular formula is C23H30O2Si. The van der Waals surface area contributed by atoms with Crippen molar-refractivity contribution >= 4 is 19.2 Å². The van der Waals surface area contributed by atoms with Gasteiger partial charge in [-0.05, 0) is 36.5 Å². The average molecular weight is 367 g/mol. The number of benzene rings is 2. The summed E-state index contributed by atoms with van der Waals surface area (Å²) in [4.78, 5) is 11.1. The summed E-state index contributed by atoms with van der Waals surface area (Å²) < 4.78 is 0. The van der Waals surface area contributed by atoms with E-state index in [1.165, 1.54) is 55.8 Å². The van der Waals surface area contributed by atoms with Gasteiger partial charge in [-0.15, -0.1) is 0 Å². The van der Waals surface area contributed by atoms with E-state index in [2.05, 4.69) is 37.3 Å². The third-order valence-corrected chi connectivity index (χ3v) is 11.6. The summed E-state index contributed by atoms with van der Waals surface area (Å²) in [6.07, 6.45) is 6.51. The maximum absolute atomic E-state index is 11.1. The molecule has 2 aromatic carbocycles. The second-order valence-corrected chi connectivity index (χ2v) is 12.4. The Morgan fingerprint density at radius 1 is 1.00 bits per heavy atom. The zero-order valence-electron chi connectivity index (χ0n) is 15.8. The SMILES string of the molecule is CCCCC[Si]1(c2ccccc2)CCC(c2ccc(C(=O)O)cc2)CC1. The van der Waals surface area contributed by atoms with Crippen LogP contribution in [0.3, 0.4) is 0 Å². The Morgan fingerprint density at radius 3 is 2.23 bits per heavy atom. The fourth-order valence-electron chi connectivity index (χ4n) is 4.59.